The van der Waals surface area contributed by atoms with Gasteiger partial charge in [-0.05, 0) is 148 Å². The van der Waals surface area contributed by atoms with Crippen molar-refractivity contribution in [2.45, 2.75) is 309 Å². The molecule has 0 N–H and O–H groups in total. The third kappa shape index (κ3) is 68.0. The second-order valence-electron chi connectivity index (χ2n) is 22.3. The fourth-order valence-corrected chi connectivity index (χ4v) is 9.17. The SMILES string of the molecule is CC/C=C\C/C=C\C/C=C\C/C=C\C/C=C\C/C=C\C/C=C\C/C=C\CCCCCCCCC(=O)OCC(COC(=O)CCCCCCC/C=C\C/C=C\CCCCCC)OC(=O)CCCCCCCCC/C=C\C/C=C\CCCCCC. The molecule has 0 aromatic carbocycles. The van der Waals surface area contributed by atoms with E-state index in [4.69, 9.17) is 14.2 Å². The molecule has 6 nitrogen and oxygen atoms in total. The van der Waals surface area contributed by atoms with Gasteiger partial charge < -0.3 is 14.2 Å². The van der Waals surface area contributed by atoms with Crippen LogP contribution in [0.25, 0.3) is 0 Å². The average molecular weight is 1150 g/mol. The summed E-state index contributed by atoms with van der Waals surface area (Å²) >= 11 is 0. The minimum absolute atomic E-state index is 0.0970. The Morgan fingerprint density at radius 2 is 0.470 bits per heavy atom. The van der Waals surface area contributed by atoms with Crippen molar-refractivity contribution in [3.05, 3.63) is 146 Å². The average Bonchev–Trinajstić information content (AvgIpc) is 3.49. The molecule has 0 bridgehead atoms. The fraction of sp³-hybridized carbons (Fsp3) is 0.649. The normalized spacial score (nSPS) is 13.0. The summed E-state index contributed by atoms with van der Waals surface area (Å²) in [5.74, 6) is -0.928. The van der Waals surface area contributed by atoms with Crippen LogP contribution in [0.1, 0.15) is 303 Å². The van der Waals surface area contributed by atoms with E-state index in [1.54, 1.807) is 0 Å². The highest BCUT2D eigenvalue weighted by molar-refractivity contribution is 5.71. The van der Waals surface area contributed by atoms with Crippen LogP contribution in [0.2, 0.25) is 0 Å². The van der Waals surface area contributed by atoms with Crippen molar-refractivity contribution in [3.63, 3.8) is 0 Å². The van der Waals surface area contributed by atoms with Gasteiger partial charge in [0, 0.05) is 19.3 Å². The molecule has 0 heterocycles. The van der Waals surface area contributed by atoms with Crippen molar-refractivity contribution in [1.82, 2.24) is 0 Å². The first-order valence-electron chi connectivity index (χ1n) is 34.3. The molecule has 0 saturated heterocycles. The van der Waals surface area contributed by atoms with Crippen LogP contribution in [0.15, 0.2) is 146 Å². The lowest BCUT2D eigenvalue weighted by Gasteiger charge is -2.18. The molecular formula is C77H126O6. The Morgan fingerprint density at radius 1 is 0.253 bits per heavy atom. The topological polar surface area (TPSA) is 78.9 Å². The number of unbranched alkanes of at least 4 members (excludes halogenated alkanes) is 26. The molecule has 0 aliphatic carbocycles. The summed E-state index contributed by atoms with van der Waals surface area (Å²) in [5, 5.41) is 0. The van der Waals surface area contributed by atoms with Gasteiger partial charge in [-0.2, -0.15) is 0 Å². The van der Waals surface area contributed by atoms with E-state index in [9.17, 15) is 14.4 Å². The maximum Gasteiger partial charge on any atom is 0.306 e. The lowest BCUT2D eigenvalue weighted by molar-refractivity contribution is -0.167. The van der Waals surface area contributed by atoms with Gasteiger partial charge in [0.25, 0.3) is 0 Å². The molecule has 0 saturated carbocycles. The first-order chi connectivity index (χ1) is 41.0. The Kier molecular flexibility index (Phi) is 65.8. The molecule has 0 fully saturated rings. The molecule has 83 heavy (non-hydrogen) atoms. The van der Waals surface area contributed by atoms with Crippen molar-refractivity contribution >= 4 is 17.9 Å². The summed E-state index contributed by atoms with van der Waals surface area (Å²) in [7, 11) is 0. The summed E-state index contributed by atoms with van der Waals surface area (Å²) in [4.78, 5) is 38.4. The van der Waals surface area contributed by atoms with E-state index >= 15 is 0 Å². The Labute approximate surface area is 512 Å². The number of rotatable bonds is 61. The minimum atomic E-state index is -0.802. The number of esters is 3. The number of ether oxygens (including phenoxy) is 3. The van der Waals surface area contributed by atoms with E-state index < -0.39 is 6.10 Å². The summed E-state index contributed by atoms with van der Waals surface area (Å²) in [6, 6.07) is 0. The predicted octanol–water partition coefficient (Wildman–Crippen LogP) is 23.9. The molecule has 470 valence electrons. The zero-order valence-electron chi connectivity index (χ0n) is 53.9. The van der Waals surface area contributed by atoms with Gasteiger partial charge in [-0.3, -0.25) is 14.4 Å². The van der Waals surface area contributed by atoms with Crippen LogP contribution in [0, 0.1) is 0 Å². The van der Waals surface area contributed by atoms with Crippen molar-refractivity contribution < 1.29 is 28.6 Å². The van der Waals surface area contributed by atoms with Gasteiger partial charge in [0.15, 0.2) is 6.10 Å². The summed E-state index contributed by atoms with van der Waals surface area (Å²) in [5.41, 5.74) is 0. The lowest BCUT2D eigenvalue weighted by atomic mass is 10.1. The quantitative estimate of drug-likeness (QED) is 0.0261. The summed E-state index contributed by atoms with van der Waals surface area (Å²) in [6.07, 6.45) is 99.9. The van der Waals surface area contributed by atoms with E-state index in [2.05, 4.69) is 167 Å². The van der Waals surface area contributed by atoms with Gasteiger partial charge in [0.2, 0.25) is 0 Å². The Morgan fingerprint density at radius 3 is 0.735 bits per heavy atom. The molecule has 1 atom stereocenters. The smallest absolute Gasteiger partial charge is 0.306 e. The van der Waals surface area contributed by atoms with Gasteiger partial charge in [-0.1, -0.05) is 282 Å². The largest absolute Gasteiger partial charge is 0.462 e. The van der Waals surface area contributed by atoms with Crippen molar-refractivity contribution in [1.29, 1.82) is 0 Å². The molecule has 0 aliphatic heterocycles. The number of allylic oxidation sites excluding steroid dienone is 24. The van der Waals surface area contributed by atoms with Gasteiger partial charge in [0.1, 0.15) is 13.2 Å². The van der Waals surface area contributed by atoms with Crippen LogP contribution < -0.4 is 0 Å². The number of hydrogen-bond donors (Lipinski definition) is 0. The van der Waals surface area contributed by atoms with Crippen molar-refractivity contribution in [2.75, 3.05) is 13.2 Å². The van der Waals surface area contributed by atoms with Crippen LogP contribution in [-0.2, 0) is 28.6 Å². The minimum Gasteiger partial charge on any atom is -0.462 e. The Bertz CT molecular complexity index is 1800. The first-order valence-corrected chi connectivity index (χ1v) is 34.3. The molecule has 0 aliphatic rings. The predicted molar refractivity (Wildman–Crippen MR) is 362 cm³/mol. The molecule has 1 unspecified atom stereocenters. The van der Waals surface area contributed by atoms with E-state index in [0.29, 0.717) is 19.3 Å². The highest BCUT2D eigenvalue weighted by Gasteiger charge is 2.19. The Balaban J connectivity index is 4.40. The zero-order valence-corrected chi connectivity index (χ0v) is 53.9. The molecule has 0 amide bonds. The molecule has 0 aromatic heterocycles. The van der Waals surface area contributed by atoms with Crippen LogP contribution in [-0.4, -0.2) is 37.2 Å². The second-order valence-corrected chi connectivity index (χ2v) is 22.3. The lowest BCUT2D eigenvalue weighted by Crippen LogP contribution is -2.30. The van der Waals surface area contributed by atoms with Crippen LogP contribution in [0.3, 0.4) is 0 Å². The Hall–Kier alpha value is -4.71. The zero-order chi connectivity index (χ0) is 59.9. The number of carbonyl (C=O) groups excluding carboxylic acids is 3. The van der Waals surface area contributed by atoms with Crippen LogP contribution in [0.4, 0.5) is 0 Å². The first kappa shape index (κ1) is 78.3. The maximum atomic E-state index is 12.9. The standard InChI is InChI=1S/C77H126O6/c1-4-7-10-13-16-19-22-25-28-31-33-34-35-36-37-38-39-40-41-42-43-44-45-47-49-52-55-58-61-64-67-70-76(79)82-73-74(72-81-75(78)69-66-63-60-57-54-51-48-30-27-24-21-18-15-12-9-6-3)83-77(80)71-68-65-62-59-56-53-50-46-32-29-26-23-20-17-14-11-8-5-2/h7,10,16,19-21,23-25,28-30,32-34,36-37,39-40,42-43,45,47-48,74H,4-6,8-9,11-15,17-18,22,26-27,31,35,38,41,44,46,49-73H2,1-3H3/b10-7-,19-16-,23-20-,24-21-,28-25-,32-29-,34-33-,37-36-,40-39-,43-42-,47-45-,48-30-. The van der Waals surface area contributed by atoms with Gasteiger partial charge in [-0.15, -0.1) is 0 Å². The molecule has 6 heteroatoms. The highest BCUT2D eigenvalue weighted by atomic mass is 16.6. The van der Waals surface area contributed by atoms with Crippen LogP contribution in [0.5, 0.6) is 0 Å². The molecule has 0 radical (unpaired) electrons. The molecule has 0 spiro atoms. The molecule has 0 rings (SSSR count). The molecule has 0 aromatic rings. The third-order valence-electron chi connectivity index (χ3n) is 14.3. The van der Waals surface area contributed by atoms with Gasteiger partial charge >= 0.3 is 17.9 Å². The second kappa shape index (κ2) is 69.8. The van der Waals surface area contributed by atoms with Crippen molar-refractivity contribution in [3.8, 4) is 0 Å². The summed E-state index contributed by atoms with van der Waals surface area (Å²) < 4.78 is 16.9. The summed E-state index contributed by atoms with van der Waals surface area (Å²) in [6.45, 7) is 6.47. The van der Waals surface area contributed by atoms with E-state index in [0.717, 1.165) is 161 Å². The molecular weight excluding hydrogens is 1020 g/mol. The van der Waals surface area contributed by atoms with Gasteiger partial charge in [0.05, 0.1) is 0 Å². The van der Waals surface area contributed by atoms with Gasteiger partial charge in [-0.25, -0.2) is 0 Å². The number of carbonyl (C=O) groups is 3. The van der Waals surface area contributed by atoms with E-state index in [1.807, 2.05) is 0 Å². The van der Waals surface area contributed by atoms with Crippen LogP contribution >= 0.6 is 0 Å². The number of hydrogen-bond acceptors (Lipinski definition) is 6. The van der Waals surface area contributed by atoms with E-state index in [-0.39, 0.29) is 31.1 Å². The fourth-order valence-electron chi connectivity index (χ4n) is 9.17. The maximum absolute atomic E-state index is 12.9. The third-order valence-corrected chi connectivity index (χ3v) is 14.3. The monoisotopic (exact) mass is 1150 g/mol. The van der Waals surface area contributed by atoms with E-state index in [1.165, 1.54) is 103 Å². The van der Waals surface area contributed by atoms with Crippen molar-refractivity contribution in [2.24, 2.45) is 0 Å². The highest BCUT2D eigenvalue weighted by Crippen LogP contribution is 2.15.